The fraction of sp³-hybridized carbons (Fsp3) is 0.667. The number of carbonyl (C=O) groups is 1. The van der Waals surface area contributed by atoms with Gasteiger partial charge in [-0.1, -0.05) is 6.08 Å². The molecule has 15 heavy (non-hydrogen) atoms. The van der Waals surface area contributed by atoms with Gasteiger partial charge in [0.25, 0.3) is 0 Å². The third kappa shape index (κ3) is 3.32. The molecule has 2 rings (SSSR count). The lowest BCUT2D eigenvalue weighted by molar-refractivity contribution is -0.120. The van der Waals surface area contributed by atoms with Crippen LogP contribution in [-0.2, 0) is 14.6 Å². The molecule has 0 saturated heterocycles. The normalized spacial score (nSPS) is 27.9. The predicted octanol–water partition coefficient (Wildman–Crippen LogP) is -0.835. The summed E-state index contributed by atoms with van der Waals surface area (Å²) >= 11 is 0. The van der Waals surface area contributed by atoms with Gasteiger partial charge < -0.3 is 10.6 Å². The maximum absolute atomic E-state index is 11.3. The van der Waals surface area contributed by atoms with E-state index in [2.05, 4.69) is 10.6 Å². The van der Waals surface area contributed by atoms with Crippen molar-refractivity contribution in [2.45, 2.75) is 24.9 Å². The lowest BCUT2D eigenvalue weighted by Gasteiger charge is -2.09. The number of hydrogen-bond donors (Lipinski definition) is 2. The smallest absolute Gasteiger partial charge is 0.234 e. The topological polar surface area (TPSA) is 75.3 Å². The van der Waals surface area contributed by atoms with E-state index in [4.69, 9.17) is 0 Å². The van der Waals surface area contributed by atoms with E-state index in [9.17, 15) is 13.2 Å². The molecule has 1 amide bonds. The number of nitrogens with one attached hydrogen (secondary N) is 2. The Labute approximate surface area is 88.8 Å². The van der Waals surface area contributed by atoms with E-state index in [1.54, 1.807) is 6.08 Å². The van der Waals surface area contributed by atoms with Gasteiger partial charge in [0.05, 0.1) is 12.3 Å². The fourth-order valence-electron chi connectivity index (χ4n) is 1.43. The molecular weight excluding hydrogens is 216 g/mol. The minimum Gasteiger partial charge on any atom is -0.352 e. The van der Waals surface area contributed by atoms with Gasteiger partial charge in [0.1, 0.15) is 0 Å². The first-order valence-corrected chi connectivity index (χ1v) is 6.70. The molecule has 6 heteroatoms. The Kier molecular flexibility index (Phi) is 2.79. The Bertz CT molecular complexity index is 384. The second kappa shape index (κ2) is 3.94. The molecular formula is C9H14N2O3S. The fourth-order valence-corrected chi connectivity index (χ4v) is 2.70. The third-order valence-electron chi connectivity index (χ3n) is 2.40. The van der Waals surface area contributed by atoms with Gasteiger partial charge in [-0.2, -0.15) is 0 Å². The van der Waals surface area contributed by atoms with Gasteiger partial charge in [-0.25, -0.2) is 8.42 Å². The highest BCUT2D eigenvalue weighted by molar-refractivity contribution is 7.94. The van der Waals surface area contributed by atoms with E-state index in [0.29, 0.717) is 6.04 Å². The van der Waals surface area contributed by atoms with Crippen LogP contribution in [0.1, 0.15) is 12.8 Å². The number of sulfone groups is 1. The van der Waals surface area contributed by atoms with Crippen LogP contribution in [0, 0.1) is 0 Å². The highest BCUT2D eigenvalue weighted by Gasteiger charge is 2.25. The first-order valence-electron chi connectivity index (χ1n) is 4.99. The molecule has 1 heterocycles. The Morgan fingerprint density at radius 1 is 1.40 bits per heavy atom. The molecule has 0 spiro atoms. The van der Waals surface area contributed by atoms with E-state index < -0.39 is 9.84 Å². The summed E-state index contributed by atoms with van der Waals surface area (Å²) in [6, 6.07) is 0.127. The molecule has 1 aliphatic carbocycles. The highest BCUT2D eigenvalue weighted by Crippen LogP contribution is 2.18. The van der Waals surface area contributed by atoms with Crippen LogP contribution >= 0.6 is 0 Å². The number of carbonyl (C=O) groups excluding carboxylic acids is 1. The zero-order chi connectivity index (χ0) is 10.9. The van der Waals surface area contributed by atoms with Crippen molar-refractivity contribution in [1.29, 1.82) is 0 Å². The van der Waals surface area contributed by atoms with Crippen LogP contribution in [0.15, 0.2) is 11.5 Å². The van der Waals surface area contributed by atoms with Gasteiger partial charge >= 0.3 is 0 Å². The molecule has 0 aromatic heterocycles. The van der Waals surface area contributed by atoms with Gasteiger partial charge in [-0.05, 0) is 12.8 Å². The van der Waals surface area contributed by atoms with Gasteiger partial charge in [0, 0.05) is 17.5 Å². The molecule has 0 aromatic rings. The number of hydrogen-bond acceptors (Lipinski definition) is 4. The molecule has 1 unspecified atom stereocenters. The number of rotatable bonds is 4. The van der Waals surface area contributed by atoms with Crippen molar-refractivity contribution in [3.8, 4) is 0 Å². The summed E-state index contributed by atoms with van der Waals surface area (Å²) in [6.45, 7) is 0.182. The molecule has 0 bridgehead atoms. The average Bonchev–Trinajstić information content (AvgIpc) is 2.87. The van der Waals surface area contributed by atoms with E-state index >= 15 is 0 Å². The molecule has 1 atom stereocenters. The summed E-state index contributed by atoms with van der Waals surface area (Å²) in [5.74, 6) is -0.000767. The quantitative estimate of drug-likeness (QED) is 0.660. The largest absolute Gasteiger partial charge is 0.352 e. The minimum atomic E-state index is -3.03. The molecule has 1 aliphatic heterocycles. The summed E-state index contributed by atoms with van der Waals surface area (Å²) in [6.07, 6.45) is 3.70. The predicted molar refractivity (Wildman–Crippen MR) is 55.9 cm³/mol. The Balaban J connectivity index is 1.70. The molecule has 2 N–H and O–H groups in total. The zero-order valence-electron chi connectivity index (χ0n) is 8.27. The highest BCUT2D eigenvalue weighted by atomic mass is 32.2. The van der Waals surface area contributed by atoms with Crippen LogP contribution in [0.25, 0.3) is 0 Å². The zero-order valence-corrected chi connectivity index (χ0v) is 9.09. The van der Waals surface area contributed by atoms with Gasteiger partial charge in [0.15, 0.2) is 9.84 Å². The van der Waals surface area contributed by atoms with Crippen molar-refractivity contribution < 1.29 is 13.2 Å². The summed E-state index contributed by atoms with van der Waals surface area (Å²) in [5.41, 5.74) is 0. The third-order valence-corrected chi connectivity index (χ3v) is 3.79. The van der Waals surface area contributed by atoms with Crippen LogP contribution in [0.2, 0.25) is 0 Å². The van der Waals surface area contributed by atoms with Crippen molar-refractivity contribution in [3.05, 3.63) is 11.5 Å². The molecule has 1 saturated carbocycles. The van der Waals surface area contributed by atoms with Gasteiger partial charge in [-0.15, -0.1) is 0 Å². The Hall–Kier alpha value is -0.880. The molecule has 84 valence electrons. The van der Waals surface area contributed by atoms with Crippen molar-refractivity contribution in [2.75, 3.05) is 12.3 Å². The first-order chi connectivity index (χ1) is 7.05. The maximum Gasteiger partial charge on any atom is 0.234 e. The van der Waals surface area contributed by atoms with E-state index in [0.717, 1.165) is 12.8 Å². The lowest BCUT2D eigenvalue weighted by atomic mass is 10.3. The van der Waals surface area contributed by atoms with Crippen molar-refractivity contribution in [1.82, 2.24) is 10.6 Å². The maximum atomic E-state index is 11.3. The standard InChI is InChI=1S/C9H14N2O3S/c12-9(11-7-1-2-7)5-10-8-3-4-15(13,14)6-8/h3-4,7-8,10H,1-2,5-6H2,(H,11,12). The monoisotopic (exact) mass is 230 g/mol. The van der Waals surface area contributed by atoms with Crippen LogP contribution in [0.3, 0.4) is 0 Å². The Morgan fingerprint density at radius 3 is 2.67 bits per heavy atom. The number of amides is 1. The molecule has 1 fully saturated rings. The van der Waals surface area contributed by atoms with Gasteiger partial charge in [0.2, 0.25) is 5.91 Å². The summed E-state index contributed by atoms with van der Waals surface area (Å²) in [4.78, 5) is 11.3. The summed E-state index contributed by atoms with van der Waals surface area (Å²) < 4.78 is 22.1. The van der Waals surface area contributed by atoms with E-state index in [-0.39, 0.29) is 24.2 Å². The minimum absolute atomic E-state index is 0.0592. The molecule has 2 aliphatic rings. The first kappa shape index (κ1) is 10.6. The second-order valence-electron chi connectivity index (χ2n) is 3.99. The van der Waals surface area contributed by atoms with Crippen LogP contribution in [0.4, 0.5) is 0 Å². The van der Waals surface area contributed by atoms with E-state index in [1.165, 1.54) is 5.41 Å². The van der Waals surface area contributed by atoms with Crippen molar-refractivity contribution in [2.24, 2.45) is 0 Å². The second-order valence-corrected chi connectivity index (χ2v) is 5.92. The van der Waals surface area contributed by atoms with Crippen molar-refractivity contribution in [3.63, 3.8) is 0 Å². The summed E-state index contributed by atoms with van der Waals surface area (Å²) in [5, 5.41) is 6.91. The molecule has 0 aromatic carbocycles. The van der Waals surface area contributed by atoms with Crippen LogP contribution in [0.5, 0.6) is 0 Å². The summed E-state index contributed by atoms with van der Waals surface area (Å²) in [7, 11) is -3.03. The lowest BCUT2D eigenvalue weighted by Crippen LogP contribution is -2.40. The SMILES string of the molecule is O=C(CNC1C=CS(=O)(=O)C1)NC1CC1. The van der Waals surface area contributed by atoms with E-state index in [1.807, 2.05) is 0 Å². The molecule has 0 radical (unpaired) electrons. The van der Waals surface area contributed by atoms with Crippen molar-refractivity contribution >= 4 is 15.7 Å². The van der Waals surface area contributed by atoms with Gasteiger partial charge in [-0.3, -0.25) is 4.79 Å². The average molecular weight is 230 g/mol. The van der Waals surface area contributed by atoms with Crippen LogP contribution in [-0.4, -0.2) is 38.7 Å². The Morgan fingerprint density at radius 2 is 2.13 bits per heavy atom. The molecule has 5 nitrogen and oxygen atoms in total. The van der Waals surface area contributed by atoms with Crippen LogP contribution < -0.4 is 10.6 Å².